The highest BCUT2D eigenvalue weighted by Gasteiger charge is 2.30. The Bertz CT molecular complexity index is 744. The summed E-state index contributed by atoms with van der Waals surface area (Å²) < 4.78 is 14.1. The first-order chi connectivity index (χ1) is 13.2. The molecule has 10 heteroatoms. The van der Waals surface area contributed by atoms with Crippen molar-refractivity contribution in [2.75, 3.05) is 0 Å². The summed E-state index contributed by atoms with van der Waals surface area (Å²) in [6, 6.07) is 11.7. The highest BCUT2D eigenvalue weighted by Crippen LogP contribution is 2.46. The second kappa shape index (κ2) is 9.43. The molecule has 0 aromatic heterocycles. The molecule has 0 spiro atoms. The molecule has 150 valence electrons. The van der Waals surface area contributed by atoms with Crippen molar-refractivity contribution in [3.63, 3.8) is 0 Å². The average Bonchev–Trinajstić information content (AvgIpc) is 2.62. The smallest absolute Gasteiger partial charge is 0.385 e. The molecule has 28 heavy (non-hydrogen) atoms. The molecule has 0 saturated carbocycles. The molecular weight excluding hydrogens is 385 g/mol. The van der Waals surface area contributed by atoms with Gasteiger partial charge in [-0.1, -0.05) is 0 Å². The van der Waals surface area contributed by atoms with Gasteiger partial charge < -0.3 is 9.05 Å². The van der Waals surface area contributed by atoms with Crippen LogP contribution in [0, 0.1) is 20.2 Å². The van der Waals surface area contributed by atoms with E-state index in [4.69, 9.17) is 9.05 Å². The summed E-state index contributed by atoms with van der Waals surface area (Å²) >= 11 is 0. The third-order valence-electron chi connectivity index (χ3n) is 3.71. The molecule has 0 fully saturated rings. The van der Waals surface area contributed by atoms with Gasteiger partial charge in [0.05, 0.1) is 9.85 Å². The fourth-order valence-electron chi connectivity index (χ4n) is 2.52. The van der Waals surface area contributed by atoms with E-state index in [0.29, 0.717) is 11.5 Å². The highest BCUT2D eigenvalue weighted by atomic mass is 31.2. The van der Waals surface area contributed by atoms with Crippen molar-refractivity contribution >= 4 is 19.9 Å². The van der Waals surface area contributed by atoms with Crippen molar-refractivity contribution < 1.29 is 18.9 Å². The van der Waals surface area contributed by atoms with Crippen molar-refractivity contribution in [2.45, 2.75) is 39.8 Å². The monoisotopic (exact) mass is 407 g/mol. The fraction of sp³-hybridized carbons (Fsp3) is 0.333. The number of hydrogen-bond donors (Lipinski definition) is 0. The fourth-order valence-corrected chi connectivity index (χ4v) is 4.11. The number of nitro groups is 2. The summed E-state index contributed by atoms with van der Waals surface area (Å²) in [4.78, 5) is 20.7. The van der Waals surface area contributed by atoms with Crippen LogP contribution in [-0.2, 0) is 0 Å². The van der Waals surface area contributed by atoms with Crippen LogP contribution in [-0.4, -0.2) is 26.6 Å². The molecule has 0 amide bonds. The maximum absolute atomic E-state index is 10.8. The van der Waals surface area contributed by atoms with Gasteiger partial charge in [-0.05, 0) is 52.0 Å². The summed E-state index contributed by atoms with van der Waals surface area (Å²) in [5.74, 6) is 0.870. The van der Waals surface area contributed by atoms with Crippen LogP contribution in [0.2, 0.25) is 0 Å². The van der Waals surface area contributed by atoms with Crippen LogP contribution >= 0.6 is 8.53 Å². The summed E-state index contributed by atoms with van der Waals surface area (Å²) in [6.45, 7) is 8.03. The second-order valence-corrected chi connectivity index (χ2v) is 7.79. The van der Waals surface area contributed by atoms with Gasteiger partial charge in [-0.3, -0.25) is 20.2 Å². The van der Waals surface area contributed by atoms with Crippen molar-refractivity contribution in [3.8, 4) is 11.5 Å². The number of hydrogen-bond acceptors (Lipinski definition) is 7. The topological polar surface area (TPSA) is 108 Å². The van der Waals surface area contributed by atoms with E-state index in [1.54, 1.807) is 0 Å². The Labute approximate surface area is 164 Å². The molecular formula is C18H22N3O6P. The SMILES string of the molecule is CC(C)N(C(C)C)P(Oc1ccc([N+](=O)[O-])cc1)Oc1ccc([N+](=O)[O-])cc1. The highest BCUT2D eigenvalue weighted by molar-refractivity contribution is 7.45. The lowest BCUT2D eigenvalue weighted by Gasteiger charge is -2.34. The first kappa shape index (κ1) is 21.5. The van der Waals surface area contributed by atoms with Crippen LogP contribution < -0.4 is 9.05 Å². The zero-order valence-corrected chi connectivity index (χ0v) is 16.9. The summed E-state index contributed by atoms with van der Waals surface area (Å²) in [5.41, 5.74) is -0.0601. The quantitative estimate of drug-likeness (QED) is 0.315. The molecule has 0 radical (unpaired) electrons. The van der Waals surface area contributed by atoms with Gasteiger partial charge in [-0.15, -0.1) is 0 Å². The van der Waals surface area contributed by atoms with E-state index in [2.05, 4.69) is 0 Å². The minimum absolute atomic E-state index is 0.0301. The number of non-ortho nitro benzene ring substituents is 2. The van der Waals surface area contributed by atoms with E-state index in [1.807, 2.05) is 32.4 Å². The Morgan fingerprint density at radius 3 is 1.32 bits per heavy atom. The molecule has 2 rings (SSSR count). The standard InChI is InChI=1S/C18H22N3O6P/c1-13(2)19(14(3)4)28(26-17-9-5-15(6-10-17)20(22)23)27-18-11-7-16(8-12-18)21(24)25/h5-14H,1-4H3. The molecule has 0 aliphatic heterocycles. The van der Waals surface area contributed by atoms with E-state index in [0.717, 1.165) is 0 Å². The van der Waals surface area contributed by atoms with Crippen molar-refractivity contribution in [1.82, 2.24) is 4.67 Å². The molecule has 0 atom stereocenters. The molecule has 2 aromatic rings. The molecule has 0 aliphatic rings. The first-order valence-corrected chi connectivity index (χ1v) is 9.75. The molecule has 0 N–H and O–H groups in total. The summed E-state index contributed by atoms with van der Waals surface area (Å²) in [5, 5.41) is 21.7. The third-order valence-corrected chi connectivity index (χ3v) is 5.74. The number of nitrogens with zero attached hydrogens (tertiary/aromatic N) is 3. The lowest BCUT2D eigenvalue weighted by molar-refractivity contribution is -0.385. The van der Waals surface area contributed by atoms with Gasteiger partial charge in [-0.2, -0.15) is 0 Å². The van der Waals surface area contributed by atoms with E-state index in [-0.39, 0.29) is 23.5 Å². The molecule has 0 bridgehead atoms. The lowest BCUT2D eigenvalue weighted by Crippen LogP contribution is -2.35. The van der Waals surface area contributed by atoms with Crippen molar-refractivity contribution in [2.24, 2.45) is 0 Å². The molecule has 2 aromatic carbocycles. The normalized spacial score (nSPS) is 11.3. The zero-order valence-electron chi connectivity index (χ0n) is 16.0. The lowest BCUT2D eigenvalue weighted by atomic mass is 10.3. The third kappa shape index (κ3) is 5.61. The Balaban J connectivity index is 2.27. The Kier molecular flexibility index (Phi) is 7.25. The first-order valence-electron chi connectivity index (χ1n) is 8.62. The zero-order chi connectivity index (χ0) is 20.8. The van der Waals surface area contributed by atoms with Crippen LogP contribution in [0.25, 0.3) is 0 Å². The van der Waals surface area contributed by atoms with E-state index in [1.165, 1.54) is 48.5 Å². The molecule has 0 heterocycles. The summed E-state index contributed by atoms with van der Waals surface area (Å²) in [6.07, 6.45) is 0. The van der Waals surface area contributed by atoms with Gasteiger partial charge in [0.25, 0.3) is 11.4 Å². The second-order valence-electron chi connectivity index (χ2n) is 6.49. The van der Waals surface area contributed by atoms with Gasteiger partial charge in [0, 0.05) is 36.3 Å². The number of benzene rings is 2. The van der Waals surface area contributed by atoms with Gasteiger partial charge in [-0.25, -0.2) is 4.67 Å². The van der Waals surface area contributed by atoms with E-state index in [9.17, 15) is 20.2 Å². The maximum atomic E-state index is 10.8. The van der Waals surface area contributed by atoms with Crippen molar-refractivity contribution in [1.29, 1.82) is 0 Å². The minimum Gasteiger partial charge on any atom is -0.427 e. The number of nitro benzene ring substituents is 2. The average molecular weight is 407 g/mol. The maximum Gasteiger partial charge on any atom is 0.385 e. The predicted molar refractivity (Wildman–Crippen MR) is 106 cm³/mol. The van der Waals surface area contributed by atoms with Crippen LogP contribution in [0.15, 0.2) is 48.5 Å². The molecule has 0 unspecified atom stereocenters. The van der Waals surface area contributed by atoms with E-state index >= 15 is 0 Å². The van der Waals surface area contributed by atoms with Gasteiger partial charge >= 0.3 is 8.53 Å². The largest absolute Gasteiger partial charge is 0.427 e. The predicted octanol–water partition coefficient (Wildman–Crippen LogP) is 5.31. The molecule has 0 saturated heterocycles. The Hall–Kier alpha value is -2.77. The molecule has 9 nitrogen and oxygen atoms in total. The molecule has 0 aliphatic carbocycles. The Morgan fingerprint density at radius 1 is 0.750 bits per heavy atom. The number of rotatable bonds is 9. The van der Waals surface area contributed by atoms with Gasteiger partial charge in [0.2, 0.25) is 0 Å². The van der Waals surface area contributed by atoms with Crippen LogP contribution in [0.3, 0.4) is 0 Å². The van der Waals surface area contributed by atoms with E-state index < -0.39 is 18.4 Å². The van der Waals surface area contributed by atoms with Crippen LogP contribution in [0.5, 0.6) is 11.5 Å². The van der Waals surface area contributed by atoms with Crippen molar-refractivity contribution in [3.05, 3.63) is 68.8 Å². The van der Waals surface area contributed by atoms with Gasteiger partial charge in [0.1, 0.15) is 11.5 Å². The summed E-state index contributed by atoms with van der Waals surface area (Å²) in [7, 11) is -1.61. The minimum atomic E-state index is -1.61. The van der Waals surface area contributed by atoms with Crippen LogP contribution in [0.1, 0.15) is 27.7 Å². The van der Waals surface area contributed by atoms with Crippen LogP contribution in [0.4, 0.5) is 11.4 Å². The van der Waals surface area contributed by atoms with Gasteiger partial charge in [0.15, 0.2) is 0 Å². The Morgan fingerprint density at radius 2 is 1.07 bits per heavy atom.